The maximum absolute atomic E-state index is 12.2. The highest BCUT2D eigenvalue weighted by molar-refractivity contribution is 5.79. The Morgan fingerprint density at radius 2 is 1.59 bits per heavy atom. The van der Waals surface area contributed by atoms with Gasteiger partial charge in [0, 0.05) is 6.54 Å². The van der Waals surface area contributed by atoms with Crippen molar-refractivity contribution in [3.63, 3.8) is 0 Å². The van der Waals surface area contributed by atoms with Crippen LogP contribution in [0, 0.1) is 5.92 Å². The Bertz CT molecular complexity index is 723. The van der Waals surface area contributed by atoms with E-state index >= 15 is 0 Å². The number of carbonyl (C=O) groups is 2. The third-order valence-corrected chi connectivity index (χ3v) is 4.38. The molecule has 0 aliphatic carbocycles. The van der Waals surface area contributed by atoms with Crippen molar-refractivity contribution in [3.8, 4) is 0 Å². The van der Waals surface area contributed by atoms with E-state index in [2.05, 4.69) is 31.3 Å². The highest BCUT2D eigenvalue weighted by Crippen LogP contribution is 2.19. The van der Waals surface area contributed by atoms with Gasteiger partial charge in [-0.2, -0.15) is 0 Å². The van der Waals surface area contributed by atoms with Crippen LogP contribution in [0.15, 0.2) is 54.6 Å². The zero-order valence-electron chi connectivity index (χ0n) is 16.4. The average Bonchev–Trinajstić information content (AvgIpc) is 2.66. The van der Waals surface area contributed by atoms with Crippen molar-refractivity contribution in [3.05, 3.63) is 71.3 Å². The number of rotatable bonds is 9. The smallest absolute Gasteiger partial charge is 0.313 e. The summed E-state index contributed by atoms with van der Waals surface area (Å²) in [7, 11) is 0. The molecular weight excluding hydrogens is 338 g/mol. The lowest BCUT2D eigenvalue weighted by Gasteiger charge is -2.13. The Morgan fingerprint density at radius 3 is 2.22 bits per heavy atom. The first kappa shape index (κ1) is 20.7. The second-order valence-electron chi connectivity index (χ2n) is 7.24. The molecule has 1 N–H and O–H groups in total. The Morgan fingerprint density at radius 1 is 0.926 bits per heavy atom. The summed E-state index contributed by atoms with van der Waals surface area (Å²) in [4.78, 5) is 24.1. The molecule has 2 rings (SSSR count). The van der Waals surface area contributed by atoms with E-state index in [1.54, 1.807) is 0 Å². The quantitative estimate of drug-likeness (QED) is 0.675. The SMILES string of the molecule is CC(C)Cc1ccc(C(C)C(=O)OCCC(=O)NCc2ccccc2)cc1. The van der Waals surface area contributed by atoms with Gasteiger partial charge in [-0.15, -0.1) is 0 Å². The molecule has 0 saturated heterocycles. The summed E-state index contributed by atoms with van der Waals surface area (Å²) >= 11 is 0. The molecule has 4 nitrogen and oxygen atoms in total. The second-order valence-corrected chi connectivity index (χ2v) is 7.24. The molecule has 0 aliphatic rings. The predicted octanol–water partition coefficient (Wildman–Crippen LogP) is 4.24. The molecule has 0 heterocycles. The van der Waals surface area contributed by atoms with E-state index < -0.39 is 0 Å². The zero-order chi connectivity index (χ0) is 19.6. The summed E-state index contributed by atoms with van der Waals surface area (Å²) in [6.45, 7) is 6.77. The number of amides is 1. The molecule has 2 aromatic rings. The minimum atomic E-state index is -0.342. The number of esters is 1. The van der Waals surface area contributed by atoms with Gasteiger partial charge in [-0.25, -0.2) is 0 Å². The van der Waals surface area contributed by atoms with Crippen molar-refractivity contribution >= 4 is 11.9 Å². The number of ether oxygens (including phenoxy) is 1. The lowest BCUT2D eigenvalue weighted by molar-refractivity contribution is -0.145. The molecule has 1 atom stereocenters. The minimum Gasteiger partial charge on any atom is -0.465 e. The second kappa shape index (κ2) is 10.5. The Hall–Kier alpha value is -2.62. The van der Waals surface area contributed by atoms with Crippen molar-refractivity contribution in [1.29, 1.82) is 0 Å². The first-order valence-electron chi connectivity index (χ1n) is 9.51. The Kier molecular flexibility index (Phi) is 8.05. The van der Waals surface area contributed by atoms with Gasteiger partial charge in [-0.1, -0.05) is 68.4 Å². The van der Waals surface area contributed by atoms with Gasteiger partial charge in [-0.05, 0) is 36.0 Å². The van der Waals surface area contributed by atoms with Gasteiger partial charge in [0.2, 0.25) is 5.91 Å². The highest BCUT2D eigenvalue weighted by atomic mass is 16.5. The lowest BCUT2D eigenvalue weighted by Crippen LogP contribution is -2.25. The number of benzene rings is 2. The number of hydrogen-bond donors (Lipinski definition) is 1. The number of carbonyl (C=O) groups excluding carboxylic acids is 2. The van der Waals surface area contributed by atoms with Gasteiger partial charge in [-0.3, -0.25) is 9.59 Å². The minimum absolute atomic E-state index is 0.0925. The molecule has 1 unspecified atom stereocenters. The summed E-state index contributed by atoms with van der Waals surface area (Å²) in [6.07, 6.45) is 1.19. The van der Waals surface area contributed by atoms with Crippen molar-refractivity contribution in [2.24, 2.45) is 5.92 Å². The molecule has 0 radical (unpaired) electrons. The van der Waals surface area contributed by atoms with Crippen molar-refractivity contribution < 1.29 is 14.3 Å². The van der Waals surface area contributed by atoms with Crippen LogP contribution in [0.5, 0.6) is 0 Å². The molecule has 0 fully saturated rings. The third kappa shape index (κ3) is 7.26. The topological polar surface area (TPSA) is 55.4 Å². The largest absolute Gasteiger partial charge is 0.465 e. The van der Waals surface area contributed by atoms with E-state index in [1.165, 1.54) is 5.56 Å². The molecule has 0 aliphatic heterocycles. The van der Waals surface area contributed by atoms with Gasteiger partial charge in [0.25, 0.3) is 0 Å². The molecule has 144 valence electrons. The highest BCUT2D eigenvalue weighted by Gasteiger charge is 2.17. The fourth-order valence-electron chi connectivity index (χ4n) is 2.80. The lowest BCUT2D eigenvalue weighted by atomic mass is 9.97. The first-order valence-corrected chi connectivity index (χ1v) is 9.51. The van der Waals surface area contributed by atoms with Gasteiger partial charge in [0.1, 0.15) is 6.61 Å². The first-order chi connectivity index (χ1) is 13.0. The number of nitrogens with one attached hydrogen (secondary N) is 1. The summed E-state index contributed by atoms with van der Waals surface area (Å²) in [5.74, 6) is -0.170. The zero-order valence-corrected chi connectivity index (χ0v) is 16.4. The van der Waals surface area contributed by atoms with Crippen LogP contribution >= 0.6 is 0 Å². The van der Waals surface area contributed by atoms with Crippen molar-refractivity contribution in [2.75, 3.05) is 6.61 Å². The summed E-state index contributed by atoms with van der Waals surface area (Å²) in [5, 5.41) is 2.83. The van der Waals surface area contributed by atoms with E-state index in [0.717, 1.165) is 17.5 Å². The fourth-order valence-corrected chi connectivity index (χ4v) is 2.80. The molecule has 0 saturated carbocycles. The van der Waals surface area contributed by atoms with Crippen LogP contribution in [0.3, 0.4) is 0 Å². The summed E-state index contributed by atoms with van der Waals surface area (Å²) in [6, 6.07) is 17.8. The van der Waals surface area contributed by atoms with Crippen LogP contribution in [0.2, 0.25) is 0 Å². The van der Waals surface area contributed by atoms with Crippen molar-refractivity contribution in [1.82, 2.24) is 5.32 Å². The normalized spacial score (nSPS) is 11.9. The van der Waals surface area contributed by atoms with Gasteiger partial charge in [0.15, 0.2) is 0 Å². The van der Waals surface area contributed by atoms with Crippen LogP contribution in [0.25, 0.3) is 0 Å². The molecule has 2 aromatic carbocycles. The molecule has 27 heavy (non-hydrogen) atoms. The van der Waals surface area contributed by atoms with E-state index in [-0.39, 0.29) is 30.8 Å². The molecule has 0 spiro atoms. The summed E-state index contributed by atoms with van der Waals surface area (Å²) in [5.41, 5.74) is 3.24. The van der Waals surface area contributed by atoms with Gasteiger partial charge < -0.3 is 10.1 Å². The van der Waals surface area contributed by atoms with Crippen LogP contribution < -0.4 is 5.32 Å². The van der Waals surface area contributed by atoms with E-state index in [4.69, 9.17) is 4.74 Å². The Balaban J connectivity index is 1.72. The molecule has 4 heteroatoms. The molecule has 0 aromatic heterocycles. The van der Waals surface area contributed by atoms with Crippen molar-refractivity contribution in [2.45, 2.75) is 46.1 Å². The van der Waals surface area contributed by atoms with Crippen LogP contribution in [-0.2, 0) is 27.3 Å². The van der Waals surface area contributed by atoms with Gasteiger partial charge >= 0.3 is 5.97 Å². The maximum Gasteiger partial charge on any atom is 0.313 e. The van der Waals surface area contributed by atoms with Crippen LogP contribution in [-0.4, -0.2) is 18.5 Å². The maximum atomic E-state index is 12.2. The average molecular weight is 367 g/mol. The van der Waals surface area contributed by atoms with E-state index in [9.17, 15) is 9.59 Å². The van der Waals surface area contributed by atoms with Gasteiger partial charge in [0.05, 0.1) is 12.3 Å². The standard InChI is InChI=1S/C23H29NO3/c1-17(2)15-19-9-11-21(12-10-19)18(3)23(26)27-14-13-22(25)24-16-20-7-5-4-6-8-20/h4-12,17-18H,13-16H2,1-3H3,(H,24,25). The van der Waals surface area contributed by atoms with E-state index in [0.29, 0.717) is 12.5 Å². The predicted molar refractivity (Wildman–Crippen MR) is 107 cm³/mol. The van der Waals surface area contributed by atoms with Crippen LogP contribution in [0.1, 0.15) is 49.8 Å². The monoisotopic (exact) mass is 367 g/mol. The van der Waals surface area contributed by atoms with E-state index in [1.807, 2.05) is 49.4 Å². The Labute approximate surface area is 161 Å². The summed E-state index contributed by atoms with van der Waals surface area (Å²) < 4.78 is 5.28. The molecular formula is C23H29NO3. The van der Waals surface area contributed by atoms with Crippen LogP contribution in [0.4, 0.5) is 0 Å². The molecule has 1 amide bonds. The third-order valence-electron chi connectivity index (χ3n) is 4.38. The fraction of sp³-hybridized carbons (Fsp3) is 0.391. The number of hydrogen-bond acceptors (Lipinski definition) is 3. The molecule has 0 bridgehead atoms.